The summed E-state index contributed by atoms with van der Waals surface area (Å²) in [6.45, 7) is 0. The molecular formula is C14H11ClN2O. The maximum absolute atomic E-state index is 9.00. The minimum atomic E-state index is 0.525. The van der Waals surface area contributed by atoms with Gasteiger partial charge >= 0.3 is 0 Å². The molecule has 2 aromatic rings. The molecule has 2 rings (SSSR count). The fraction of sp³-hybridized carbons (Fsp3) is 0.0714. The van der Waals surface area contributed by atoms with Gasteiger partial charge in [0.25, 0.3) is 0 Å². The predicted molar refractivity (Wildman–Crippen MR) is 72.4 cm³/mol. The summed E-state index contributed by atoms with van der Waals surface area (Å²) in [7, 11) is 1.57. The van der Waals surface area contributed by atoms with Crippen LogP contribution in [0.4, 0.5) is 11.4 Å². The van der Waals surface area contributed by atoms with E-state index in [4.69, 9.17) is 21.6 Å². The van der Waals surface area contributed by atoms with Crippen LogP contribution in [-0.2, 0) is 0 Å². The van der Waals surface area contributed by atoms with E-state index in [0.29, 0.717) is 16.3 Å². The third-order valence-corrected chi connectivity index (χ3v) is 2.77. The molecule has 0 unspecified atom stereocenters. The molecule has 0 spiro atoms. The SMILES string of the molecule is COc1ccc(Nc2ccccc2C#N)cc1Cl. The normalized spacial score (nSPS) is 9.61. The Balaban J connectivity index is 2.29. The number of halogens is 1. The molecule has 1 N–H and O–H groups in total. The zero-order chi connectivity index (χ0) is 13.0. The van der Waals surface area contributed by atoms with Crippen molar-refractivity contribution >= 4 is 23.0 Å². The van der Waals surface area contributed by atoms with Crippen molar-refractivity contribution in [3.05, 3.63) is 53.1 Å². The Kier molecular flexibility index (Phi) is 3.71. The molecule has 0 saturated heterocycles. The fourth-order valence-electron chi connectivity index (χ4n) is 1.59. The standard InChI is InChI=1S/C14H11ClN2O/c1-18-14-7-6-11(8-12(14)15)17-13-5-3-2-4-10(13)9-16/h2-8,17H,1H3. The van der Waals surface area contributed by atoms with E-state index in [1.165, 1.54) is 0 Å². The molecule has 3 nitrogen and oxygen atoms in total. The maximum atomic E-state index is 9.00. The Bertz CT molecular complexity index is 605. The number of nitrogens with zero attached hydrogens (tertiary/aromatic N) is 1. The average molecular weight is 259 g/mol. The van der Waals surface area contributed by atoms with Crippen LogP contribution in [0.1, 0.15) is 5.56 Å². The summed E-state index contributed by atoms with van der Waals surface area (Å²) in [5.74, 6) is 0.621. The molecule has 0 amide bonds. The number of para-hydroxylation sites is 1. The number of hydrogen-bond donors (Lipinski definition) is 1. The Morgan fingerprint density at radius 3 is 2.67 bits per heavy atom. The zero-order valence-electron chi connectivity index (χ0n) is 9.77. The van der Waals surface area contributed by atoms with E-state index < -0.39 is 0 Å². The highest BCUT2D eigenvalue weighted by molar-refractivity contribution is 6.32. The third-order valence-electron chi connectivity index (χ3n) is 2.48. The van der Waals surface area contributed by atoms with Gasteiger partial charge in [-0.1, -0.05) is 23.7 Å². The van der Waals surface area contributed by atoms with Gasteiger partial charge in [0.15, 0.2) is 0 Å². The van der Waals surface area contributed by atoms with Gasteiger partial charge in [-0.15, -0.1) is 0 Å². The maximum Gasteiger partial charge on any atom is 0.137 e. The first kappa shape index (κ1) is 12.3. The molecule has 0 aliphatic carbocycles. The fourth-order valence-corrected chi connectivity index (χ4v) is 1.85. The first-order valence-corrected chi connectivity index (χ1v) is 5.72. The van der Waals surface area contributed by atoms with Gasteiger partial charge in [0.1, 0.15) is 11.8 Å². The summed E-state index contributed by atoms with van der Waals surface area (Å²) in [4.78, 5) is 0. The second kappa shape index (κ2) is 5.44. The number of nitrogens with one attached hydrogen (secondary N) is 1. The lowest BCUT2D eigenvalue weighted by atomic mass is 10.2. The molecule has 18 heavy (non-hydrogen) atoms. The van der Waals surface area contributed by atoms with Crippen LogP contribution in [0.2, 0.25) is 5.02 Å². The lowest BCUT2D eigenvalue weighted by molar-refractivity contribution is 0.415. The first-order chi connectivity index (χ1) is 8.74. The summed E-state index contributed by atoms with van der Waals surface area (Å²) >= 11 is 6.04. The molecule has 2 aromatic carbocycles. The number of hydrogen-bond acceptors (Lipinski definition) is 3. The first-order valence-electron chi connectivity index (χ1n) is 5.34. The van der Waals surface area contributed by atoms with Crippen molar-refractivity contribution in [1.82, 2.24) is 0 Å². The van der Waals surface area contributed by atoms with Crippen LogP contribution >= 0.6 is 11.6 Å². The quantitative estimate of drug-likeness (QED) is 0.906. The monoisotopic (exact) mass is 258 g/mol. The Hall–Kier alpha value is -2.18. The van der Waals surface area contributed by atoms with Crippen molar-refractivity contribution < 1.29 is 4.74 Å². The summed E-state index contributed by atoms with van der Waals surface area (Å²) in [5.41, 5.74) is 2.15. The summed E-state index contributed by atoms with van der Waals surface area (Å²) in [6.07, 6.45) is 0. The minimum absolute atomic E-state index is 0.525. The van der Waals surface area contributed by atoms with E-state index in [9.17, 15) is 0 Å². The predicted octanol–water partition coefficient (Wildman–Crippen LogP) is 3.96. The highest BCUT2D eigenvalue weighted by Gasteiger charge is 2.04. The third kappa shape index (κ3) is 2.55. The van der Waals surface area contributed by atoms with Gasteiger partial charge in [0.05, 0.1) is 23.4 Å². The van der Waals surface area contributed by atoms with Crippen LogP contribution in [0.5, 0.6) is 5.75 Å². The largest absolute Gasteiger partial charge is 0.495 e. The zero-order valence-corrected chi connectivity index (χ0v) is 10.5. The second-order valence-electron chi connectivity index (χ2n) is 3.63. The molecule has 0 bridgehead atoms. The summed E-state index contributed by atoms with van der Waals surface area (Å²) in [6, 6.07) is 14.8. The van der Waals surface area contributed by atoms with Gasteiger partial charge in [-0.3, -0.25) is 0 Å². The summed E-state index contributed by atoms with van der Waals surface area (Å²) in [5, 5.41) is 12.7. The molecule has 0 atom stereocenters. The number of ether oxygens (including phenoxy) is 1. The minimum Gasteiger partial charge on any atom is -0.495 e. The van der Waals surface area contributed by atoms with Crippen LogP contribution in [0.25, 0.3) is 0 Å². The Morgan fingerprint density at radius 1 is 1.22 bits per heavy atom. The number of rotatable bonds is 3. The van der Waals surface area contributed by atoms with Gasteiger partial charge in [-0.25, -0.2) is 0 Å². The van der Waals surface area contributed by atoms with Crippen molar-refractivity contribution in [3.8, 4) is 11.8 Å². The van der Waals surface area contributed by atoms with Crippen LogP contribution in [0, 0.1) is 11.3 Å². The van der Waals surface area contributed by atoms with Crippen LogP contribution < -0.4 is 10.1 Å². The molecule has 0 aliphatic rings. The molecule has 0 heterocycles. The van der Waals surface area contributed by atoms with Gasteiger partial charge in [0, 0.05) is 5.69 Å². The molecule has 0 fully saturated rings. The molecular weight excluding hydrogens is 248 g/mol. The van der Waals surface area contributed by atoms with Crippen molar-refractivity contribution in [2.75, 3.05) is 12.4 Å². The molecule has 0 radical (unpaired) electrons. The van der Waals surface area contributed by atoms with Crippen LogP contribution in [-0.4, -0.2) is 7.11 Å². The highest BCUT2D eigenvalue weighted by atomic mass is 35.5. The van der Waals surface area contributed by atoms with Gasteiger partial charge < -0.3 is 10.1 Å². The topological polar surface area (TPSA) is 45.0 Å². The Morgan fingerprint density at radius 2 is 2.00 bits per heavy atom. The number of nitriles is 1. The molecule has 90 valence electrons. The lowest BCUT2D eigenvalue weighted by Gasteiger charge is -2.10. The van der Waals surface area contributed by atoms with E-state index in [-0.39, 0.29) is 0 Å². The van der Waals surface area contributed by atoms with Gasteiger partial charge in [0.2, 0.25) is 0 Å². The molecule has 0 aliphatic heterocycles. The van der Waals surface area contributed by atoms with Crippen molar-refractivity contribution in [2.24, 2.45) is 0 Å². The summed E-state index contributed by atoms with van der Waals surface area (Å²) < 4.78 is 5.08. The van der Waals surface area contributed by atoms with E-state index in [1.54, 1.807) is 25.3 Å². The number of benzene rings is 2. The van der Waals surface area contributed by atoms with Crippen molar-refractivity contribution in [2.45, 2.75) is 0 Å². The van der Waals surface area contributed by atoms with E-state index >= 15 is 0 Å². The lowest BCUT2D eigenvalue weighted by Crippen LogP contribution is -1.94. The van der Waals surface area contributed by atoms with E-state index in [2.05, 4.69) is 11.4 Å². The average Bonchev–Trinajstić information content (AvgIpc) is 2.39. The number of anilines is 2. The highest BCUT2D eigenvalue weighted by Crippen LogP contribution is 2.29. The van der Waals surface area contributed by atoms with E-state index in [0.717, 1.165) is 11.4 Å². The number of methoxy groups -OCH3 is 1. The van der Waals surface area contributed by atoms with Gasteiger partial charge in [-0.2, -0.15) is 5.26 Å². The van der Waals surface area contributed by atoms with Crippen LogP contribution in [0.15, 0.2) is 42.5 Å². The molecule has 0 saturated carbocycles. The smallest absolute Gasteiger partial charge is 0.137 e. The van der Waals surface area contributed by atoms with Gasteiger partial charge in [-0.05, 0) is 30.3 Å². The van der Waals surface area contributed by atoms with E-state index in [1.807, 2.05) is 24.3 Å². The molecule has 4 heteroatoms. The Labute approximate surface area is 111 Å². The second-order valence-corrected chi connectivity index (χ2v) is 4.04. The molecule has 0 aromatic heterocycles. The van der Waals surface area contributed by atoms with Crippen molar-refractivity contribution in [1.29, 1.82) is 5.26 Å². The van der Waals surface area contributed by atoms with Crippen molar-refractivity contribution in [3.63, 3.8) is 0 Å². The van der Waals surface area contributed by atoms with Crippen LogP contribution in [0.3, 0.4) is 0 Å².